The van der Waals surface area contributed by atoms with Gasteiger partial charge in [-0.1, -0.05) is 6.92 Å². The third kappa shape index (κ3) is 5.57. The van der Waals surface area contributed by atoms with Crippen molar-refractivity contribution in [3.05, 3.63) is 0 Å². The SMILES string of the molecule is CCSCCN(C)C(C)(C)C. The highest BCUT2D eigenvalue weighted by molar-refractivity contribution is 7.99. The molecule has 0 aromatic rings. The van der Waals surface area contributed by atoms with Gasteiger partial charge in [0, 0.05) is 17.8 Å². The zero-order chi connectivity index (χ0) is 8.91. The summed E-state index contributed by atoms with van der Waals surface area (Å²) in [5, 5.41) is 0. The van der Waals surface area contributed by atoms with Gasteiger partial charge in [-0.15, -0.1) is 0 Å². The van der Waals surface area contributed by atoms with E-state index in [0.29, 0.717) is 5.54 Å². The van der Waals surface area contributed by atoms with Crippen LogP contribution in [0.1, 0.15) is 27.7 Å². The lowest BCUT2D eigenvalue weighted by Gasteiger charge is -2.31. The lowest BCUT2D eigenvalue weighted by Crippen LogP contribution is -2.39. The van der Waals surface area contributed by atoms with Crippen molar-refractivity contribution in [1.29, 1.82) is 0 Å². The van der Waals surface area contributed by atoms with Crippen LogP contribution in [0, 0.1) is 0 Å². The van der Waals surface area contributed by atoms with Gasteiger partial charge in [0.05, 0.1) is 0 Å². The number of nitrogens with zero attached hydrogens (tertiary/aromatic N) is 1. The maximum Gasteiger partial charge on any atom is 0.0122 e. The largest absolute Gasteiger partial charge is 0.301 e. The molecular weight excluding hydrogens is 154 g/mol. The van der Waals surface area contributed by atoms with E-state index in [1.807, 2.05) is 11.8 Å². The zero-order valence-corrected chi connectivity index (χ0v) is 9.29. The second-order valence-electron chi connectivity index (χ2n) is 3.79. The van der Waals surface area contributed by atoms with Gasteiger partial charge in [-0.2, -0.15) is 11.8 Å². The van der Waals surface area contributed by atoms with Crippen LogP contribution >= 0.6 is 11.8 Å². The Morgan fingerprint density at radius 2 is 1.82 bits per heavy atom. The van der Waals surface area contributed by atoms with Crippen molar-refractivity contribution in [3.8, 4) is 0 Å². The molecule has 0 rings (SSSR count). The topological polar surface area (TPSA) is 3.24 Å². The van der Waals surface area contributed by atoms with Crippen LogP contribution in [0.25, 0.3) is 0 Å². The Kier molecular flexibility index (Phi) is 5.19. The van der Waals surface area contributed by atoms with Crippen molar-refractivity contribution >= 4 is 11.8 Å². The van der Waals surface area contributed by atoms with E-state index in [2.05, 4.69) is 39.6 Å². The minimum Gasteiger partial charge on any atom is -0.301 e. The molecule has 2 heteroatoms. The standard InChI is InChI=1S/C9H21NS/c1-6-11-8-7-10(5)9(2,3)4/h6-8H2,1-5H3. The fourth-order valence-corrected chi connectivity index (χ4v) is 1.37. The van der Waals surface area contributed by atoms with Crippen LogP contribution in [0.4, 0.5) is 0 Å². The Labute approximate surface area is 75.5 Å². The molecule has 0 N–H and O–H groups in total. The molecule has 1 nitrogen and oxygen atoms in total. The summed E-state index contributed by atoms with van der Waals surface area (Å²) >= 11 is 2.01. The third-order valence-electron chi connectivity index (χ3n) is 1.92. The van der Waals surface area contributed by atoms with Crippen molar-refractivity contribution in [1.82, 2.24) is 4.90 Å². The summed E-state index contributed by atoms with van der Waals surface area (Å²) in [5.74, 6) is 2.49. The van der Waals surface area contributed by atoms with Gasteiger partial charge < -0.3 is 4.90 Å². The summed E-state index contributed by atoms with van der Waals surface area (Å²) in [6.07, 6.45) is 0. The summed E-state index contributed by atoms with van der Waals surface area (Å²) in [4.78, 5) is 2.40. The summed E-state index contributed by atoms with van der Waals surface area (Å²) in [6.45, 7) is 10.2. The maximum atomic E-state index is 2.40. The van der Waals surface area contributed by atoms with Gasteiger partial charge in [-0.05, 0) is 33.6 Å². The van der Waals surface area contributed by atoms with Crippen LogP contribution in [0.5, 0.6) is 0 Å². The number of hydrogen-bond donors (Lipinski definition) is 0. The van der Waals surface area contributed by atoms with Gasteiger partial charge >= 0.3 is 0 Å². The van der Waals surface area contributed by atoms with Crippen LogP contribution in [0.3, 0.4) is 0 Å². The zero-order valence-electron chi connectivity index (χ0n) is 8.48. The van der Waals surface area contributed by atoms with Crippen molar-refractivity contribution in [2.24, 2.45) is 0 Å². The first kappa shape index (κ1) is 11.3. The summed E-state index contributed by atoms with van der Waals surface area (Å²) in [5.41, 5.74) is 0.328. The van der Waals surface area contributed by atoms with Gasteiger partial charge in [0.1, 0.15) is 0 Å². The van der Waals surface area contributed by atoms with Gasteiger partial charge in [0.2, 0.25) is 0 Å². The molecule has 0 aromatic carbocycles. The van der Waals surface area contributed by atoms with Crippen LogP contribution in [-0.2, 0) is 0 Å². The Balaban J connectivity index is 3.44. The Morgan fingerprint density at radius 1 is 1.27 bits per heavy atom. The van der Waals surface area contributed by atoms with E-state index >= 15 is 0 Å². The fraction of sp³-hybridized carbons (Fsp3) is 1.00. The van der Waals surface area contributed by atoms with Crippen LogP contribution in [0.2, 0.25) is 0 Å². The maximum absolute atomic E-state index is 2.40. The van der Waals surface area contributed by atoms with Crippen molar-refractivity contribution < 1.29 is 0 Å². The molecule has 0 bridgehead atoms. The normalized spacial score (nSPS) is 12.5. The van der Waals surface area contributed by atoms with Crippen molar-refractivity contribution in [2.75, 3.05) is 25.1 Å². The van der Waals surface area contributed by atoms with Crippen LogP contribution in [-0.4, -0.2) is 35.5 Å². The lowest BCUT2D eigenvalue weighted by molar-refractivity contribution is 0.187. The van der Waals surface area contributed by atoms with Gasteiger partial charge in [-0.25, -0.2) is 0 Å². The lowest BCUT2D eigenvalue weighted by atomic mass is 10.1. The van der Waals surface area contributed by atoms with Gasteiger partial charge in [0.25, 0.3) is 0 Å². The Bertz CT molecular complexity index is 96.2. The van der Waals surface area contributed by atoms with Crippen molar-refractivity contribution in [3.63, 3.8) is 0 Å². The average Bonchev–Trinajstić information content (AvgIpc) is 1.86. The highest BCUT2D eigenvalue weighted by Gasteiger charge is 2.15. The van der Waals surface area contributed by atoms with E-state index in [1.165, 1.54) is 18.1 Å². The molecule has 0 heterocycles. The summed E-state index contributed by atoms with van der Waals surface area (Å²) in [7, 11) is 2.19. The molecule has 0 aliphatic rings. The molecule has 0 amide bonds. The first-order chi connectivity index (χ1) is 4.98. The predicted molar refractivity (Wildman–Crippen MR) is 55.4 cm³/mol. The molecule has 0 aromatic heterocycles. The minimum atomic E-state index is 0.328. The molecule has 0 saturated carbocycles. The molecule has 0 radical (unpaired) electrons. The predicted octanol–water partition coefficient (Wildman–Crippen LogP) is 2.47. The fourth-order valence-electron chi connectivity index (χ4n) is 0.681. The highest BCUT2D eigenvalue weighted by Crippen LogP contribution is 2.11. The molecule has 0 aliphatic heterocycles. The van der Waals surface area contributed by atoms with E-state index in [4.69, 9.17) is 0 Å². The molecule has 11 heavy (non-hydrogen) atoms. The van der Waals surface area contributed by atoms with E-state index in [0.717, 1.165) is 0 Å². The van der Waals surface area contributed by atoms with Gasteiger partial charge in [-0.3, -0.25) is 0 Å². The van der Waals surface area contributed by atoms with E-state index < -0.39 is 0 Å². The quantitative estimate of drug-likeness (QED) is 0.604. The number of thioether (sulfide) groups is 1. The van der Waals surface area contributed by atoms with E-state index in [1.54, 1.807) is 0 Å². The Morgan fingerprint density at radius 3 is 2.18 bits per heavy atom. The first-order valence-corrected chi connectivity index (χ1v) is 5.43. The van der Waals surface area contributed by atoms with E-state index in [-0.39, 0.29) is 0 Å². The number of hydrogen-bond acceptors (Lipinski definition) is 2. The second kappa shape index (κ2) is 5.04. The van der Waals surface area contributed by atoms with Crippen LogP contribution in [0.15, 0.2) is 0 Å². The molecule has 0 fully saturated rings. The summed E-state index contributed by atoms with van der Waals surface area (Å²) in [6, 6.07) is 0. The molecular formula is C9H21NS. The van der Waals surface area contributed by atoms with Crippen molar-refractivity contribution in [2.45, 2.75) is 33.2 Å². The smallest absolute Gasteiger partial charge is 0.0122 e. The molecule has 0 atom stereocenters. The highest BCUT2D eigenvalue weighted by atomic mass is 32.2. The molecule has 0 aliphatic carbocycles. The molecule has 68 valence electrons. The number of rotatable bonds is 4. The van der Waals surface area contributed by atoms with E-state index in [9.17, 15) is 0 Å². The molecule has 0 spiro atoms. The Hall–Kier alpha value is 0.310. The summed E-state index contributed by atoms with van der Waals surface area (Å²) < 4.78 is 0. The molecule has 0 unspecified atom stereocenters. The van der Waals surface area contributed by atoms with Crippen LogP contribution < -0.4 is 0 Å². The van der Waals surface area contributed by atoms with Gasteiger partial charge in [0.15, 0.2) is 0 Å². The molecule has 0 saturated heterocycles. The average molecular weight is 175 g/mol. The third-order valence-corrected chi connectivity index (χ3v) is 2.80. The minimum absolute atomic E-state index is 0.328. The first-order valence-electron chi connectivity index (χ1n) is 4.27. The second-order valence-corrected chi connectivity index (χ2v) is 5.18. The monoisotopic (exact) mass is 175 g/mol.